The second-order valence-corrected chi connectivity index (χ2v) is 5.65. The van der Waals surface area contributed by atoms with Crippen molar-refractivity contribution in [2.75, 3.05) is 13.1 Å². The molecule has 0 aromatic heterocycles. The van der Waals surface area contributed by atoms with E-state index in [-0.39, 0.29) is 31.0 Å². The average molecular weight is 276 g/mol. The molecule has 1 aliphatic heterocycles. The van der Waals surface area contributed by atoms with E-state index in [4.69, 9.17) is 0 Å². The number of amides is 2. The summed E-state index contributed by atoms with van der Waals surface area (Å²) in [6, 6.07) is -0.315. The summed E-state index contributed by atoms with van der Waals surface area (Å²) in [4.78, 5) is 13.7. The molecule has 1 aliphatic carbocycles. The van der Waals surface area contributed by atoms with E-state index >= 15 is 0 Å². The molecule has 2 aliphatic rings. The molecule has 0 aromatic rings. The first kappa shape index (κ1) is 14.5. The summed E-state index contributed by atoms with van der Waals surface area (Å²) >= 11 is 0. The summed E-state index contributed by atoms with van der Waals surface area (Å²) in [5.41, 5.74) is 0. The number of hydrogen-bond acceptors (Lipinski definition) is 2. The van der Waals surface area contributed by atoms with Crippen molar-refractivity contribution < 1.29 is 18.7 Å². The molecular weight excluding hydrogens is 254 g/mol. The van der Waals surface area contributed by atoms with Crippen LogP contribution in [-0.2, 0) is 0 Å². The summed E-state index contributed by atoms with van der Waals surface area (Å²) in [5, 5.41) is 12.4. The third-order valence-corrected chi connectivity index (χ3v) is 4.03. The van der Waals surface area contributed by atoms with Crippen LogP contribution < -0.4 is 5.32 Å². The monoisotopic (exact) mass is 276 g/mol. The maximum Gasteiger partial charge on any atom is 0.317 e. The van der Waals surface area contributed by atoms with Gasteiger partial charge >= 0.3 is 6.03 Å². The molecule has 110 valence electrons. The molecular formula is C13H22F2N2O2. The Kier molecular flexibility index (Phi) is 4.60. The van der Waals surface area contributed by atoms with E-state index in [0.717, 1.165) is 12.8 Å². The van der Waals surface area contributed by atoms with Crippen molar-refractivity contribution in [2.24, 2.45) is 0 Å². The Morgan fingerprint density at radius 2 is 1.84 bits per heavy atom. The summed E-state index contributed by atoms with van der Waals surface area (Å²) in [6.45, 7) is 1.17. The van der Waals surface area contributed by atoms with Gasteiger partial charge in [0.1, 0.15) is 0 Å². The van der Waals surface area contributed by atoms with E-state index in [9.17, 15) is 18.7 Å². The standard InChI is InChI=1S/C13H22F2N2O2/c14-13(15)6-3-10(4-7-13)16-12(19)17-8-1-2-11(18)5-9-17/h10-11,18H,1-9H2,(H,16,19). The van der Waals surface area contributed by atoms with E-state index in [1.807, 2.05) is 0 Å². The molecule has 0 radical (unpaired) electrons. The number of carbonyl (C=O) groups excluding carboxylic acids is 1. The molecule has 0 aromatic carbocycles. The van der Waals surface area contributed by atoms with Crippen LogP contribution in [0, 0.1) is 0 Å². The van der Waals surface area contributed by atoms with Gasteiger partial charge in [-0.05, 0) is 32.1 Å². The SMILES string of the molecule is O=C(NC1CCC(F)(F)CC1)N1CCCC(O)CC1. The molecule has 1 saturated carbocycles. The number of carbonyl (C=O) groups is 1. The van der Waals surface area contributed by atoms with E-state index < -0.39 is 5.92 Å². The van der Waals surface area contributed by atoms with Crippen molar-refractivity contribution in [2.45, 2.75) is 63.0 Å². The van der Waals surface area contributed by atoms with Gasteiger partial charge in [0.2, 0.25) is 5.92 Å². The molecule has 2 fully saturated rings. The van der Waals surface area contributed by atoms with Crippen molar-refractivity contribution in [3.8, 4) is 0 Å². The van der Waals surface area contributed by atoms with Gasteiger partial charge in [0.15, 0.2) is 0 Å². The van der Waals surface area contributed by atoms with Gasteiger partial charge in [-0.3, -0.25) is 0 Å². The van der Waals surface area contributed by atoms with Crippen molar-refractivity contribution in [3.63, 3.8) is 0 Å². The zero-order chi connectivity index (χ0) is 13.9. The number of hydrogen-bond donors (Lipinski definition) is 2. The predicted octanol–water partition coefficient (Wildman–Crippen LogP) is 2.12. The largest absolute Gasteiger partial charge is 0.393 e. The van der Waals surface area contributed by atoms with Crippen LogP contribution in [0.25, 0.3) is 0 Å². The second kappa shape index (κ2) is 6.03. The van der Waals surface area contributed by atoms with Crippen LogP contribution in [0.4, 0.5) is 13.6 Å². The molecule has 2 N–H and O–H groups in total. The Morgan fingerprint density at radius 1 is 1.16 bits per heavy atom. The molecule has 19 heavy (non-hydrogen) atoms. The molecule has 0 bridgehead atoms. The number of aliphatic hydroxyl groups excluding tert-OH is 1. The highest BCUT2D eigenvalue weighted by Crippen LogP contribution is 2.33. The first-order chi connectivity index (χ1) is 8.96. The van der Waals surface area contributed by atoms with Gasteiger partial charge in [0.25, 0.3) is 0 Å². The predicted molar refractivity (Wildman–Crippen MR) is 67.2 cm³/mol. The maximum absolute atomic E-state index is 13.0. The summed E-state index contributed by atoms with van der Waals surface area (Å²) < 4.78 is 26.0. The lowest BCUT2D eigenvalue weighted by Gasteiger charge is -2.31. The molecule has 1 unspecified atom stereocenters. The Balaban J connectivity index is 1.78. The number of rotatable bonds is 1. The minimum Gasteiger partial charge on any atom is -0.393 e. The molecule has 4 nitrogen and oxygen atoms in total. The second-order valence-electron chi connectivity index (χ2n) is 5.65. The topological polar surface area (TPSA) is 52.6 Å². The number of alkyl halides is 2. The first-order valence-electron chi connectivity index (χ1n) is 7.08. The first-order valence-corrected chi connectivity index (χ1v) is 7.08. The van der Waals surface area contributed by atoms with Crippen LogP contribution in [0.3, 0.4) is 0 Å². The lowest BCUT2D eigenvalue weighted by molar-refractivity contribution is -0.0398. The fraction of sp³-hybridized carbons (Fsp3) is 0.923. The minimum atomic E-state index is -2.56. The van der Waals surface area contributed by atoms with E-state index in [2.05, 4.69) is 5.32 Å². The summed E-state index contributed by atoms with van der Waals surface area (Å²) in [6.07, 6.45) is 2.18. The van der Waals surface area contributed by atoms with Crippen molar-refractivity contribution in [3.05, 3.63) is 0 Å². The quantitative estimate of drug-likeness (QED) is 0.771. The fourth-order valence-corrected chi connectivity index (χ4v) is 2.73. The maximum atomic E-state index is 13.0. The Labute approximate surface area is 112 Å². The zero-order valence-electron chi connectivity index (χ0n) is 11.1. The van der Waals surface area contributed by atoms with Crippen LogP contribution in [0.15, 0.2) is 0 Å². The van der Waals surface area contributed by atoms with Gasteiger partial charge in [-0.1, -0.05) is 0 Å². The van der Waals surface area contributed by atoms with Gasteiger partial charge in [0.05, 0.1) is 6.10 Å². The summed E-state index contributed by atoms with van der Waals surface area (Å²) in [5.74, 6) is -2.56. The highest BCUT2D eigenvalue weighted by Gasteiger charge is 2.35. The molecule has 2 rings (SSSR count). The minimum absolute atomic E-state index is 0.139. The molecule has 6 heteroatoms. The Bertz CT molecular complexity index is 316. The van der Waals surface area contributed by atoms with Gasteiger partial charge in [-0.25, -0.2) is 13.6 Å². The number of likely N-dealkylation sites (tertiary alicyclic amines) is 1. The number of nitrogens with zero attached hydrogens (tertiary/aromatic N) is 1. The fourth-order valence-electron chi connectivity index (χ4n) is 2.73. The van der Waals surface area contributed by atoms with Crippen molar-refractivity contribution in [1.82, 2.24) is 10.2 Å². The lowest BCUT2D eigenvalue weighted by Crippen LogP contribution is -2.47. The number of halogens is 2. The van der Waals surface area contributed by atoms with E-state index in [1.165, 1.54) is 0 Å². The highest BCUT2D eigenvalue weighted by molar-refractivity contribution is 5.74. The van der Waals surface area contributed by atoms with Gasteiger partial charge in [0, 0.05) is 32.0 Å². The number of aliphatic hydroxyl groups is 1. The average Bonchev–Trinajstić information content (AvgIpc) is 2.57. The number of nitrogens with one attached hydrogen (secondary N) is 1. The van der Waals surface area contributed by atoms with E-state index in [0.29, 0.717) is 32.4 Å². The van der Waals surface area contributed by atoms with Crippen LogP contribution in [0.5, 0.6) is 0 Å². The number of urea groups is 1. The summed E-state index contributed by atoms with van der Waals surface area (Å²) in [7, 11) is 0. The molecule has 1 saturated heterocycles. The third-order valence-electron chi connectivity index (χ3n) is 4.03. The molecule has 2 amide bonds. The van der Waals surface area contributed by atoms with Crippen LogP contribution in [0.1, 0.15) is 44.9 Å². The van der Waals surface area contributed by atoms with Crippen LogP contribution in [-0.4, -0.2) is 47.2 Å². The molecule has 1 heterocycles. The van der Waals surface area contributed by atoms with Crippen LogP contribution in [0.2, 0.25) is 0 Å². The lowest BCUT2D eigenvalue weighted by atomic mass is 9.92. The third kappa shape index (κ3) is 4.30. The Morgan fingerprint density at radius 3 is 2.53 bits per heavy atom. The highest BCUT2D eigenvalue weighted by atomic mass is 19.3. The molecule has 0 spiro atoms. The zero-order valence-corrected chi connectivity index (χ0v) is 11.1. The molecule has 1 atom stereocenters. The van der Waals surface area contributed by atoms with Gasteiger partial charge < -0.3 is 15.3 Å². The van der Waals surface area contributed by atoms with Crippen molar-refractivity contribution >= 4 is 6.03 Å². The smallest absolute Gasteiger partial charge is 0.317 e. The Hall–Kier alpha value is -0.910. The normalized spacial score (nSPS) is 28.8. The van der Waals surface area contributed by atoms with Crippen molar-refractivity contribution in [1.29, 1.82) is 0 Å². The van der Waals surface area contributed by atoms with Gasteiger partial charge in [-0.15, -0.1) is 0 Å². The van der Waals surface area contributed by atoms with Gasteiger partial charge in [-0.2, -0.15) is 0 Å². The van der Waals surface area contributed by atoms with Crippen LogP contribution >= 0.6 is 0 Å². The van der Waals surface area contributed by atoms with E-state index in [1.54, 1.807) is 4.90 Å².